The highest BCUT2D eigenvalue weighted by molar-refractivity contribution is 5.83. The van der Waals surface area contributed by atoms with E-state index < -0.39 is 0 Å². The van der Waals surface area contributed by atoms with Crippen LogP contribution in [0.25, 0.3) is 22.4 Å². The molecule has 0 radical (unpaired) electrons. The van der Waals surface area contributed by atoms with Crippen molar-refractivity contribution in [3.8, 4) is 11.5 Å². The lowest BCUT2D eigenvalue weighted by atomic mass is 10.1. The Morgan fingerprint density at radius 3 is 2.80 bits per heavy atom. The third kappa shape index (κ3) is 4.51. The first kappa shape index (κ1) is 19.7. The van der Waals surface area contributed by atoms with Gasteiger partial charge < -0.3 is 20.0 Å². The lowest BCUT2D eigenvalue weighted by Crippen LogP contribution is -2.37. The minimum Gasteiger partial charge on any atom is -0.444 e. The molecule has 154 valence electrons. The third-order valence-corrected chi connectivity index (χ3v) is 4.93. The largest absolute Gasteiger partial charge is 0.444 e. The number of guanidine groups is 1. The number of aromatic amines is 1. The van der Waals surface area contributed by atoms with Crippen molar-refractivity contribution in [1.29, 1.82) is 0 Å². The highest BCUT2D eigenvalue weighted by Gasteiger charge is 2.08. The summed E-state index contributed by atoms with van der Waals surface area (Å²) >= 11 is 0. The molecule has 0 bridgehead atoms. The fraction of sp³-hybridized carbons (Fsp3) is 0.217. The molecular formula is C23H24FN5O. The van der Waals surface area contributed by atoms with Crippen LogP contribution < -0.4 is 10.6 Å². The summed E-state index contributed by atoms with van der Waals surface area (Å²) in [6.07, 6.45) is 4.31. The molecule has 2 aromatic carbocycles. The van der Waals surface area contributed by atoms with Gasteiger partial charge in [0.05, 0.1) is 12.2 Å². The fourth-order valence-corrected chi connectivity index (χ4v) is 3.28. The maximum atomic E-state index is 13.5. The lowest BCUT2D eigenvalue weighted by Gasteiger charge is -2.10. The number of nitrogens with one attached hydrogen (secondary N) is 3. The maximum Gasteiger partial charge on any atom is 0.226 e. The van der Waals surface area contributed by atoms with Gasteiger partial charge in [0, 0.05) is 36.3 Å². The second-order valence-electron chi connectivity index (χ2n) is 7.12. The zero-order valence-electron chi connectivity index (χ0n) is 17.0. The Bertz CT molecular complexity index is 1160. The van der Waals surface area contributed by atoms with Crippen LogP contribution in [-0.4, -0.2) is 29.5 Å². The molecule has 3 N–H and O–H groups in total. The van der Waals surface area contributed by atoms with Crippen LogP contribution in [-0.2, 0) is 13.0 Å². The number of oxazole rings is 1. The molecular weight excluding hydrogens is 381 g/mol. The van der Waals surface area contributed by atoms with Gasteiger partial charge in [-0.05, 0) is 49.2 Å². The molecule has 0 atom stereocenters. The van der Waals surface area contributed by atoms with E-state index in [-0.39, 0.29) is 5.82 Å². The highest BCUT2D eigenvalue weighted by atomic mass is 19.1. The predicted octanol–water partition coefficient (Wildman–Crippen LogP) is 4.18. The summed E-state index contributed by atoms with van der Waals surface area (Å²) in [6, 6.07) is 12.8. The Labute approximate surface area is 174 Å². The molecule has 0 saturated carbocycles. The molecule has 4 aromatic rings. The van der Waals surface area contributed by atoms with Crippen molar-refractivity contribution < 1.29 is 8.81 Å². The first-order valence-electron chi connectivity index (χ1n) is 9.84. The van der Waals surface area contributed by atoms with Crippen molar-refractivity contribution >= 4 is 16.9 Å². The minimum absolute atomic E-state index is 0.230. The number of halogens is 1. The summed E-state index contributed by atoms with van der Waals surface area (Å²) in [5.74, 6) is 1.04. The van der Waals surface area contributed by atoms with E-state index in [1.807, 2.05) is 37.4 Å². The van der Waals surface area contributed by atoms with Crippen LogP contribution in [0.1, 0.15) is 16.8 Å². The summed E-state index contributed by atoms with van der Waals surface area (Å²) in [7, 11) is 1.72. The van der Waals surface area contributed by atoms with E-state index in [1.165, 1.54) is 11.6 Å². The minimum atomic E-state index is -0.230. The monoisotopic (exact) mass is 405 g/mol. The van der Waals surface area contributed by atoms with Gasteiger partial charge in [-0.25, -0.2) is 9.37 Å². The number of fused-ring (bicyclic) bond motifs is 1. The van der Waals surface area contributed by atoms with E-state index in [0.717, 1.165) is 34.1 Å². The number of nitrogens with zero attached hydrogens (tertiary/aromatic N) is 2. The molecule has 0 aliphatic carbocycles. The first-order valence-corrected chi connectivity index (χ1v) is 9.84. The third-order valence-electron chi connectivity index (χ3n) is 4.93. The number of aromatic nitrogens is 2. The van der Waals surface area contributed by atoms with Gasteiger partial charge in [-0.15, -0.1) is 0 Å². The molecule has 2 heterocycles. The van der Waals surface area contributed by atoms with Crippen LogP contribution in [0.15, 0.2) is 64.3 Å². The Hall–Kier alpha value is -3.61. The molecule has 0 unspecified atom stereocenters. The molecule has 0 saturated heterocycles. The molecule has 0 aliphatic rings. The molecule has 4 rings (SSSR count). The molecule has 0 aliphatic heterocycles. The maximum absolute atomic E-state index is 13.5. The topological polar surface area (TPSA) is 78.2 Å². The molecule has 6 nitrogen and oxygen atoms in total. The van der Waals surface area contributed by atoms with Gasteiger partial charge in [-0.3, -0.25) is 4.99 Å². The summed E-state index contributed by atoms with van der Waals surface area (Å²) in [5, 5.41) is 7.42. The Morgan fingerprint density at radius 1 is 1.17 bits per heavy atom. The Kier molecular flexibility index (Phi) is 5.79. The van der Waals surface area contributed by atoms with Gasteiger partial charge in [0.25, 0.3) is 0 Å². The van der Waals surface area contributed by atoms with Crippen LogP contribution in [0.4, 0.5) is 4.39 Å². The van der Waals surface area contributed by atoms with Crippen LogP contribution in [0.3, 0.4) is 0 Å². The molecule has 2 aromatic heterocycles. The SMILES string of the molecule is CN=C(NCCc1c[nH]c2ccc(F)cc12)NCc1coc(-c2ccc(C)cc2)n1. The quantitative estimate of drug-likeness (QED) is 0.332. The number of H-pyrrole nitrogens is 1. The van der Waals surface area contributed by atoms with E-state index in [2.05, 4.69) is 25.6 Å². The van der Waals surface area contributed by atoms with E-state index >= 15 is 0 Å². The van der Waals surface area contributed by atoms with Crippen LogP contribution in [0.5, 0.6) is 0 Å². The van der Waals surface area contributed by atoms with Crippen LogP contribution >= 0.6 is 0 Å². The lowest BCUT2D eigenvalue weighted by molar-refractivity contribution is 0.572. The van der Waals surface area contributed by atoms with Crippen LogP contribution in [0, 0.1) is 12.7 Å². The second kappa shape index (κ2) is 8.82. The Balaban J connectivity index is 1.30. The average molecular weight is 405 g/mol. The van der Waals surface area contributed by atoms with Gasteiger partial charge in [0.15, 0.2) is 5.96 Å². The summed E-state index contributed by atoms with van der Waals surface area (Å²) in [6.45, 7) is 3.20. The molecule has 0 fully saturated rings. The fourth-order valence-electron chi connectivity index (χ4n) is 3.28. The molecule has 0 amide bonds. The smallest absolute Gasteiger partial charge is 0.226 e. The first-order chi connectivity index (χ1) is 14.6. The standard InChI is InChI=1S/C23H24FN5O/c1-15-3-5-16(6-4-15)22-29-19(14-30-22)13-28-23(25-2)26-10-9-17-12-27-21-8-7-18(24)11-20(17)21/h3-8,11-12,14,27H,9-10,13H2,1-2H3,(H2,25,26,28). The summed E-state index contributed by atoms with van der Waals surface area (Å²) in [5.41, 5.74) is 4.93. The number of rotatable bonds is 6. The molecule has 30 heavy (non-hydrogen) atoms. The number of hydrogen-bond donors (Lipinski definition) is 3. The van der Waals surface area contributed by atoms with Gasteiger partial charge in [-0.2, -0.15) is 0 Å². The number of aryl methyl sites for hydroxylation is 1. The molecule has 7 heteroatoms. The van der Waals surface area contributed by atoms with Gasteiger partial charge in [-0.1, -0.05) is 17.7 Å². The zero-order valence-corrected chi connectivity index (χ0v) is 17.0. The highest BCUT2D eigenvalue weighted by Crippen LogP contribution is 2.20. The van der Waals surface area contributed by atoms with E-state index in [1.54, 1.807) is 25.4 Å². The van der Waals surface area contributed by atoms with Crippen molar-refractivity contribution in [3.63, 3.8) is 0 Å². The van der Waals surface area contributed by atoms with Crippen molar-refractivity contribution in [2.75, 3.05) is 13.6 Å². The predicted molar refractivity (Wildman–Crippen MR) is 117 cm³/mol. The normalized spacial score (nSPS) is 11.8. The number of aliphatic imine (C=N–C) groups is 1. The van der Waals surface area contributed by atoms with Gasteiger partial charge in [0.1, 0.15) is 12.1 Å². The second-order valence-corrected chi connectivity index (χ2v) is 7.12. The van der Waals surface area contributed by atoms with Crippen LogP contribution in [0.2, 0.25) is 0 Å². The summed E-state index contributed by atoms with van der Waals surface area (Å²) in [4.78, 5) is 11.9. The number of benzene rings is 2. The van der Waals surface area contributed by atoms with Crippen molar-refractivity contribution in [2.45, 2.75) is 19.9 Å². The van der Waals surface area contributed by atoms with Crippen molar-refractivity contribution in [2.24, 2.45) is 4.99 Å². The van der Waals surface area contributed by atoms with E-state index in [4.69, 9.17) is 4.42 Å². The Morgan fingerprint density at radius 2 is 2.00 bits per heavy atom. The van der Waals surface area contributed by atoms with Crippen molar-refractivity contribution in [1.82, 2.24) is 20.6 Å². The van der Waals surface area contributed by atoms with Gasteiger partial charge >= 0.3 is 0 Å². The van der Waals surface area contributed by atoms with Crippen molar-refractivity contribution in [3.05, 3.63) is 77.6 Å². The van der Waals surface area contributed by atoms with E-state index in [9.17, 15) is 4.39 Å². The molecule has 0 spiro atoms. The van der Waals surface area contributed by atoms with E-state index in [0.29, 0.717) is 24.9 Å². The average Bonchev–Trinajstić information content (AvgIpc) is 3.38. The summed E-state index contributed by atoms with van der Waals surface area (Å²) < 4.78 is 19.1. The van der Waals surface area contributed by atoms with Gasteiger partial charge in [0.2, 0.25) is 5.89 Å². The zero-order chi connectivity index (χ0) is 20.9. The number of hydrogen-bond acceptors (Lipinski definition) is 3.